The van der Waals surface area contributed by atoms with Crippen molar-refractivity contribution < 1.29 is 24.1 Å². The molecule has 0 radical (unpaired) electrons. The Balaban J connectivity index is 1.77. The summed E-state index contributed by atoms with van der Waals surface area (Å²) in [5.41, 5.74) is 1.39. The third kappa shape index (κ3) is 6.13. The van der Waals surface area contributed by atoms with E-state index in [1.165, 1.54) is 0 Å². The average molecular weight is 451 g/mol. The van der Waals surface area contributed by atoms with E-state index >= 15 is 0 Å². The van der Waals surface area contributed by atoms with Gasteiger partial charge in [0.05, 0.1) is 24.3 Å². The highest BCUT2D eigenvalue weighted by atomic mass is 16.7. The molecule has 0 fully saturated rings. The molecule has 2 aromatic rings. The number of aliphatic hydroxyl groups is 1. The number of nitrogens with zero attached hydrogens (tertiary/aromatic N) is 1. The molecule has 0 aromatic heterocycles. The highest BCUT2D eigenvalue weighted by molar-refractivity contribution is 5.49. The summed E-state index contributed by atoms with van der Waals surface area (Å²) in [6.07, 6.45) is 1.69. The van der Waals surface area contributed by atoms with Gasteiger partial charge in [-0.25, -0.2) is 0 Å². The van der Waals surface area contributed by atoms with Crippen LogP contribution in [-0.4, -0.2) is 36.2 Å². The largest absolute Gasteiger partial charge is 0.485 e. The molecule has 0 spiro atoms. The molecule has 1 heterocycles. The first kappa shape index (κ1) is 24.3. The van der Waals surface area contributed by atoms with E-state index in [1.807, 2.05) is 51.1 Å². The lowest BCUT2D eigenvalue weighted by Crippen LogP contribution is -2.52. The molecule has 7 nitrogen and oxygen atoms in total. The van der Waals surface area contributed by atoms with E-state index < -0.39 is 17.7 Å². The second kappa shape index (κ2) is 11.0. The summed E-state index contributed by atoms with van der Waals surface area (Å²) in [4.78, 5) is 10.7. The molecule has 7 heteroatoms. The second-order valence-electron chi connectivity index (χ2n) is 8.40. The fourth-order valence-corrected chi connectivity index (χ4v) is 3.68. The van der Waals surface area contributed by atoms with Gasteiger partial charge in [0, 0.05) is 24.6 Å². The molecule has 3 unspecified atom stereocenters. The van der Waals surface area contributed by atoms with Crippen molar-refractivity contribution >= 4 is 6.29 Å². The maximum absolute atomic E-state index is 10.9. The Morgan fingerprint density at radius 3 is 2.76 bits per heavy atom. The Morgan fingerprint density at radius 2 is 2.06 bits per heavy atom. The number of carbonyl (C=O) groups excluding carboxylic acids is 1. The van der Waals surface area contributed by atoms with E-state index in [0.717, 1.165) is 17.4 Å². The molecule has 2 aromatic carbocycles. The summed E-state index contributed by atoms with van der Waals surface area (Å²) in [6, 6.07) is 16.6. The molecule has 0 amide bonds. The van der Waals surface area contributed by atoms with Crippen LogP contribution in [0.4, 0.5) is 0 Å². The standard InChI is InChI=1S/C26H30N2O5/c1-18(20-8-5-4-6-9-20)32-23(31-15-7-14-29)12-13-28-24-21-16-19(17-27)10-11-22(21)33-26(2,3)25(24)30/h4-6,8-12,14,16,18,24-25,28,30H,7,13,15H2,1-3H3/b23-12-. The lowest BCUT2D eigenvalue weighted by molar-refractivity contribution is -0.109. The maximum Gasteiger partial charge on any atom is 0.276 e. The summed E-state index contributed by atoms with van der Waals surface area (Å²) in [7, 11) is 0. The van der Waals surface area contributed by atoms with Crippen LogP contribution >= 0.6 is 0 Å². The normalized spacial score (nSPS) is 20.0. The molecule has 2 N–H and O–H groups in total. The van der Waals surface area contributed by atoms with E-state index in [9.17, 15) is 15.2 Å². The van der Waals surface area contributed by atoms with Crippen LogP contribution in [0.15, 0.2) is 60.6 Å². The highest BCUT2D eigenvalue weighted by Gasteiger charge is 2.42. The summed E-state index contributed by atoms with van der Waals surface area (Å²) in [6.45, 7) is 6.10. The number of fused-ring (bicyclic) bond motifs is 1. The first-order valence-electron chi connectivity index (χ1n) is 11.0. The maximum atomic E-state index is 10.9. The van der Waals surface area contributed by atoms with Gasteiger partial charge >= 0.3 is 0 Å². The number of carbonyl (C=O) groups is 1. The monoisotopic (exact) mass is 450 g/mol. The van der Waals surface area contributed by atoms with Crippen LogP contribution in [0, 0.1) is 11.3 Å². The van der Waals surface area contributed by atoms with Crippen LogP contribution in [0.2, 0.25) is 0 Å². The van der Waals surface area contributed by atoms with Crippen LogP contribution in [0.1, 0.15) is 56.0 Å². The van der Waals surface area contributed by atoms with Gasteiger partial charge in [-0.05, 0) is 44.5 Å². The van der Waals surface area contributed by atoms with Gasteiger partial charge in [-0.2, -0.15) is 5.26 Å². The Labute approximate surface area is 194 Å². The van der Waals surface area contributed by atoms with Crippen molar-refractivity contribution in [3.05, 3.63) is 77.2 Å². The zero-order chi connectivity index (χ0) is 23.8. The SMILES string of the molecule is CC(O/C(=C\CNC1c2cc(C#N)ccc2OC(C)(C)C1O)OCCC=O)c1ccccc1. The number of rotatable bonds is 10. The molecular formula is C26H30N2O5. The van der Waals surface area contributed by atoms with Crippen molar-refractivity contribution in [2.75, 3.05) is 13.2 Å². The van der Waals surface area contributed by atoms with Gasteiger partial charge in [-0.15, -0.1) is 0 Å². The lowest BCUT2D eigenvalue weighted by Gasteiger charge is -2.42. The molecule has 3 rings (SSSR count). The van der Waals surface area contributed by atoms with Gasteiger partial charge in [-0.3, -0.25) is 0 Å². The topological polar surface area (TPSA) is 101 Å². The number of hydrogen-bond acceptors (Lipinski definition) is 7. The quantitative estimate of drug-likeness (QED) is 0.321. The van der Waals surface area contributed by atoms with E-state index in [-0.39, 0.29) is 19.1 Å². The Morgan fingerprint density at radius 1 is 1.30 bits per heavy atom. The minimum absolute atomic E-state index is 0.206. The van der Waals surface area contributed by atoms with Crippen molar-refractivity contribution in [2.45, 2.75) is 51.0 Å². The molecule has 1 aliphatic heterocycles. The third-order valence-corrected chi connectivity index (χ3v) is 5.52. The van der Waals surface area contributed by atoms with Gasteiger partial charge in [0.2, 0.25) is 0 Å². The fraction of sp³-hybridized carbons (Fsp3) is 0.385. The van der Waals surface area contributed by atoms with Gasteiger partial charge in [0.1, 0.15) is 29.8 Å². The number of ether oxygens (including phenoxy) is 3. The molecule has 0 aliphatic carbocycles. The molecule has 0 bridgehead atoms. The van der Waals surface area contributed by atoms with Gasteiger partial charge in [-0.1, -0.05) is 30.3 Å². The molecule has 3 atom stereocenters. The van der Waals surface area contributed by atoms with Crippen molar-refractivity contribution in [2.24, 2.45) is 0 Å². The first-order chi connectivity index (χ1) is 15.9. The highest BCUT2D eigenvalue weighted by Crippen LogP contribution is 2.40. The third-order valence-electron chi connectivity index (χ3n) is 5.52. The van der Waals surface area contributed by atoms with E-state index in [4.69, 9.17) is 14.2 Å². The number of hydrogen-bond donors (Lipinski definition) is 2. The van der Waals surface area contributed by atoms with Crippen LogP contribution in [0.3, 0.4) is 0 Å². The van der Waals surface area contributed by atoms with Crippen molar-refractivity contribution in [3.63, 3.8) is 0 Å². The van der Waals surface area contributed by atoms with Gasteiger partial charge in [0.25, 0.3) is 5.95 Å². The van der Waals surface area contributed by atoms with E-state index in [2.05, 4.69) is 11.4 Å². The summed E-state index contributed by atoms with van der Waals surface area (Å²) < 4.78 is 17.6. The Hall–Kier alpha value is -3.34. The van der Waals surface area contributed by atoms with Crippen LogP contribution in [0.25, 0.3) is 0 Å². The molecule has 0 saturated heterocycles. The van der Waals surface area contributed by atoms with Crippen LogP contribution in [0.5, 0.6) is 5.75 Å². The number of benzene rings is 2. The van der Waals surface area contributed by atoms with E-state index in [1.54, 1.807) is 24.3 Å². The smallest absolute Gasteiger partial charge is 0.276 e. The minimum Gasteiger partial charge on any atom is -0.485 e. The average Bonchev–Trinajstić information content (AvgIpc) is 2.81. The molecule has 33 heavy (non-hydrogen) atoms. The van der Waals surface area contributed by atoms with Crippen LogP contribution in [-0.2, 0) is 14.3 Å². The number of nitriles is 1. The molecule has 174 valence electrons. The lowest BCUT2D eigenvalue weighted by atomic mass is 9.86. The zero-order valence-corrected chi connectivity index (χ0v) is 19.2. The van der Waals surface area contributed by atoms with Crippen molar-refractivity contribution in [3.8, 4) is 11.8 Å². The van der Waals surface area contributed by atoms with E-state index in [0.29, 0.717) is 23.8 Å². The molecule has 1 aliphatic rings. The molecule has 0 saturated carbocycles. The summed E-state index contributed by atoms with van der Waals surface area (Å²) >= 11 is 0. The Bertz CT molecular complexity index is 1010. The minimum atomic E-state index is -0.851. The van der Waals surface area contributed by atoms with Crippen LogP contribution < -0.4 is 10.1 Å². The molecular weight excluding hydrogens is 420 g/mol. The number of nitrogens with one attached hydrogen (secondary N) is 1. The van der Waals surface area contributed by atoms with Gasteiger partial charge in [0.15, 0.2) is 0 Å². The summed E-state index contributed by atoms with van der Waals surface area (Å²) in [5.74, 6) is 0.926. The Kier molecular flexibility index (Phi) is 8.10. The summed E-state index contributed by atoms with van der Waals surface area (Å²) in [5, 5.41) is 23.6. The van der Waals surface area contributed by atoms with Gasteiger partial charge < -0.3 is 29.4 Å². The van der Waals surface area contributed by atoms with Crippen molar-refractivity contribution in [1.82, 2.24) is 5.32 Å². The first-order valence-corrected chi connectivity index (χ1v) is 11.0. The van der Waals surface area contributed by atoms with Crippen molar-refractivity contribution in [1.29, 1.82) is 5.26 Å². The predicted molar refractivity (Wildman–Crippen MR) is 123 cm³/mol. The number of aldehydes is 1. The number of aliphatic hydroxyl groups excluding tert-OH is 1. The second-order valence-corrected chi connectivity index (χ2v) is 8.40. The predicted octanol–water partition coefficient (Wildman–Crippen LogP) is 3.95. The fourth-order valence-electron chi connectivity index (χ4n) is 3.68. The zero-order valence-electron chi connectivity index (χ0n) is 19.2.